The molecule has 0 bridgehead atoms. The summed E-state index contributed by atoms with van der Waals surface area (Å²) in [7, 11) is -1.63. The van der Waals surface area contributed by atoms with E-state index in [4.69, 9.17) is 13.6 Å². The molecule has 0 unspecified atom stereocenters. The first-order valence-electron chi connectivity index (χ1n) is 11.4. The molecule has 0 atom stereocenters. The maximum atomic E-state index is 6.28. The Balaban J connectivity index is 1.61. The molecule has 0 amide bonds. The first-order valence-corrected chi connectivity index (χ1v) is 12.5. The van der Waals surface area contributed by atoms with Gasteiger partial charge in [0, 0.05) is 0 Å². The smallest absolute Gasteiger partial charge is 0.409 e. The quantitative estimate of drug-likeness (QED) is 0.187. The van der Waals surface area contributed by atoms with E-state index in [0.29, 0.717) is 0 Å². The van der Waals surface area contributed by atoms with Crippen molar-refractivity contribution in [2.75, 3.05) is 0 Å². The Morgan fingerprint density at radius 3 is 1.68 bits per heavy atom. The average Bonchev–Trinajstić information content (AvgIpc) is 2.81. The van der Waals surface area contributed by atoms with Gasteiger partial charge in [0.05, 0.1) is 0 Å². The van der Waals surface area contributed by atoms with Gasteiger partial charge >= 0.3 is 8.60 Å². The standard InChI is InChI=1S/C27H33O3P/c1-2-3-4-5-6-7-10-17-24-18-15-16-23-27(24)30-31(28-25-19-11-8-12-20-25)29-26-21-13-9-14-22-26/h8-9,11-16,18-23H,2-7,10,17H2,1H3. The molecule has 0 N–H and O–H groups in total. The molecule has 3 nitrogen and oxygen atoms in total. The molecule has 0 radical (unpaired) electrons. The number of hydrogen-bond donors (Lipinski definition) is 0. The highest BCUT2D eigenvalue weighted by Crippen LogP contribution is 2.43. The summed E-state index contributed by atoms with van der Waals surface area (Å²) in [6.07, 6.45) is 10.1. The van der Waals surface area contributed by atoms with Gasteiger partial charge in [0.25, 0.3) is 0 Å². The summed E-state index contributed by atoms with van der Waals surface area (Å²) in [5.74, 6) is 2.30. The molecule has 31 heavy (non-hydrogen) atoms. The van der Waals surface area contributed by atoms with E-state index >= 15 is 0 Å². The van der Waals surface area contributed by atoms with Crippen LogP contribution in [0.4, 0.5) is 0 Å². The van der Waals surface area contributed by atoms with Gasteiger partial charge in [-0.3, -0.25) is 0 Å². The summed E-state index contributed by atoms with van der Waals surface area (Å²) in [5.41, 5.74) is 1.21. The van der Waals surface area contributed by atoms with Crippen molar-refractivity contribution in [3.8, 4) is 17.2 Å². The van der Waals surface area contributed by atoms with Gasteiger partial charge in [-0.15, -0.1) is 0 Å². The van der Waals surface area contributed by atoms with Gasteiger partial charge < -0.3 is 13.6 Å². The molecule has 0 saturated carbocycles. The summed E-state index contributed by atoms with van der Waals surface area (Å²) in [5, 5.41) is 0. The number of aryl methyl sites for hydroxylation is 1. The summed E-state index contributed by atoms with van der Waals surface area (Å²) >= 11 is 0. The summed E-state index contributed by atoms with van der Waals surface area (Å²) < 4.78 is 18.4. The lowest BCUT2D eigenvalue weighted by atomic mass is 10.0. The topological polar surface area (TPSA) is 27.7 Å². The molecule has 0 aliphatic heterocycles. The van der Waals surface area contributed by atoms with Crippen LogP contribution < -0.4 is 13.6 Å². The zero-order valence-electron chi connectivity index (χ0n) is 18.4. The van der Waals surface area contributed by atoms with Gasteiger partial charge in [0.15, 0.2) is 0 Å². The van der Waals surface area contributed by atoms with Gasteiger partial charge in [0.2, 0.25) is 0 Å². The van der Waals surface area contributed by atoms with Crippen molar-refractivity contribution in [2.45, 2.75) is 58.3 Å². The molecule has 3 rings (SSSR count). The Bertz CT molecular complexity index is 813. The zero-order chi connectivity index (χ0) is 21.6. The van der Waals surface area contributed by atoms with Crippen LogP contribution in [0.1, 0.15) is 57.4 Å². The van der Waals surface area contributed by atoms with Crippen molar-refractivity contribution in [1.29, 1.82) is 0 Å². The van der Waals surface area contributed by atoms with Crippen LogP contribution >= 0.6 is 8.60 Å². The highest BCUT2D eigenvalue weighted by atomic mass is 31.2. The van der Waals surface area contributed by atoms with E-state index in [1.807, 2.05) is 72.8 Å². The Kier molecular flexibility index (Phi) is 10.3. The SMILES string of the molecule is CCCCCCCCCc1ccccc1OP(Oc1ccccc1)Oc1ccccc1. The molecular formula is C27H33O3P. The maximum Gasteiger partial charge on any atom is 0.530 e. The van der Waals surface area contributed by atoms with Crippen LogP contribution in [0, 0.1) is 0 Å². The van der Waals surface area contributed by atoms with Gasteiger partial charge in [-0.2, -0.15) is 0 Å². The predicted molar refractivity (Wildman–Crippen MR) is 130 cm³/mol. The van der Waals surface area contributed by atoms with E-state index in [-0.39, 0.29) is 0 Å². The van der Waals surface area contributed by atoms with E-state index in [0.717, 1.165) is 23.7 Å². The number of rotatable bonds is 14. The Morgan fingerprint density at radius 2 is 1.06 bits per heavy atom. The van der Waals surface area contributed by atoms with Crippen molar-refractivity contribution in [3.05, 3.63) is 90.5 Å². The molecule has 4 heteroatoms. The molecule has 0 spiro atoms. The number of para-hydroxylation sites is 3. The largest absolute Gasteiger partial charge is 0.530 e. The van der Waals surface area contributed by atoms with Crippen LogP contribution in [0.2, 0.25) is 0 Å². The van der Waals surface area contributed by atoms with Crippen molar-refractivity contribution >= 4 is 8.60 Å². The normalized spacial score (nSPS) is 10.8. The van der Waals surface area contributed by atoms with Gasteiger partial charge in [0.1, 0.15) is 17.2 Å². The van der Waals surface area contributed by atoms with Crippen molar-refractivity contribution < 1.29 is 13.6 Å². The zero-order valence-corrected chi connectivity index (χ0v) is 19.3. The number of benzene rings is 3. The fraction of sp³-hybridized carbons (Fsp3) is 0.333. The van der Waals surface area contributed by atoms with Crippen LogP contribution in [-0.2, 0) is 6.42 Å². The lowest BCUT2D eigenvalue weighted by Gasteiger charge is -2.19. The van der Waals surface area contributed by atoms with Crippen LogP contribution in [0.3, 0.4) is 0 Å². The fourth-order valence-corrected chi connectivity index (χ4v) is 4.38. The first-order chi connectivity index (χ1) is 15.3. The van der Waals surface area contributed by atoms with Crippen molar-refractivity contribution in [3.63, 3.8) is 0 Å². The van der Waals surface area contributed by atoms with Crippen LogP contribution in [-0.4, -0.2) is 0 Å². The second-order valence-electron chi connectivity index (χ2n) is 7.60. The monoisotopic (exact) mass is 436 g/mol. The highest BCUT2D eigenvalue weighted by Gasteiger charge is 2.21. The molecule has 0 heterocycles. The Labute approximate surface area is 188 Å². The van der Waals surface area contributed by atoms with Gasteiger partial charge in [-0.25, -0.2) is 0 Å². The molecule has 164 valence electrons. The minimum Gasteiger partial charge on any atom is -0.409 e. The molecule has 3 aromatic carbocycles. The molecule has 0 aromatic heterocycles. The maximum absolute atomic E-state index is 6.28. The van der Waals surface area contributed by atoms with Gasteiger partial charge in [-0.1, -0.05) is 100 Å². The molecule has 0 saturated heterocycles. The molecule has 0 aliphatic carbocycles. The second kappa shape index (κ2) is 13.7. The Hall–Kier alpha value is -2.51. The third-order valence-corrected chi connectivity index (χ3v) is 6.11. The third kappa shape index (κ3) is 8.63. The lowest BCUT2D eigenvalue weighted by Crippen LogP contribution is -2.04. The minimum atomic E-state index is -1.63. The van der Waals surface area contributed by atoms with Crippen molar-refractivity contribution in [1.82, 2.24) is 0 Å². The van der Waals surface area contributed by atoms with E-state index in [2.05, 4.69) is 19.1 Å². The average molecular weight is 437 g/mol. The Morgan fingerprint density at radius 1 is 0.548 bits per heavy atom. The number of unbranched alkanes of at least 4 members (excludes halogenated alkanes) is 6. The molecule has 3 aromatic rings. The fourth-order valence-electron chi connectivity index (χ4n) is 3.34. The van der Waals surface area contributed by atoms with E-state index in [1.165, 1.54) is 50.5 Å². The highest BCUT2D eigenvalue weighted by molar-refractivity contribution is 7.43. The summed E-state index contributed by atoms with van der Waals surface area (Å²) in [6, 6.07) is 27.6. The predicted octanol–water partition coefficient (Wildman–Crippen LogP) is 8.74. The lowest BCUT2D eigenvalue weighted by molar-refractivity contribution is 0.386. The van der Waals surface area contributed by atoms with E-state index in [1.54, 1.807) is 0 Å². The summed E-state index contributed by atoms with van der Waals surface area (Å²) in [6.45, 7) is 2.26. The molecule has 0 aliphatic rings. The van der Waals surface area contributed by atoms with E-state index < -0.39 is 8.60 Å². The molecular weight excluding hydrogens is 403 g/mol. The van der Waals surface area contributed by atoms with E-state index in [9.17, 15) is 0 Å². The van der Waals surface area contributed by atoms with Crippen LogP contribution in [0.25, 0.3) is 0 Å². The second-order valence-corrected chi connectivity index (χ2v) is 8.60. The first kappa shape index (κ1) is 23.2. The summed E-state index contributed by atoms with van der Waals surface area (Å²) in [4.78, 5) is 0. The van der Waals surface area contributed by atoms with Crippen LogP contribution in [0.5, 0.6) is 17.2 Å². The van der Waals surface area contributed by atoms with Crippen molar-refractivity contribution in [2.24, 2.45) is 0 Å². The number of hydrogen-bond acceptors (Lipinski definition) is 3. The minimum absolute atomic E-state index is 0.731. The molecule has 0 fully saturated rings. The van der Waals surface area contributed by atoms with Crippen LogP contribution in [0.15, 0.2) is 84.9 Å². The third-order valence-electron chi connectivity index (χ3n) is 5.04. The van der Waals surface area contributed by atoms with Gasteiger partial charge in [-0.05, 0) is 48.7 Å².